The standard InChI is InChI=1S/C31H29Cl3N2O4/c1-3-40-31(39)29-19(2)36(28(37)17-25(29)24-9-4-5-10-26(24)33)18-20-7-6-8-22(15-20)30(38)35-14-13-21-11-12-23(32)16-27(21)34/h4-12,15-16,25H,3,13-14,17-18H2,1-2H3,(H,35,38). The third-order valence-electron chi connectivity index (χ3n) is 6.82. The van der Waals surface area contributed by atoms with E-state index in [2.05, 4.69) is 5.32 Å². The van der Waals surface area contributed by atoms with E-state index in [0.717, 1.165) is 11.1 Å². The smallest absolute Gasteiger partial charge is 0.336 e. The number of carbonyl (C=O) groups is 3. The lowest BCUT2D eigenvalue weighted by molar-refractivity contribution is -0.140. The summed E-state index contributed by atoms with van der Waals surface area (Å²) in [5.74, 6) is -1.38. The van der Waals surface area contributed by atoms with Gasteiger partial charge in [-0.1, -0.05) is 71.2 Å². The van der Waals surface area contributed by atoms with Crippen LogP contribution in [-0.2, 0) is 27.3 Å². The fraction of sp³-hybridized carbons (Fsp3) is 0.258. The van der Waals surface area contributed by atoms with E-state index >= 15 is 0 Å². The number of benzene rings is 3. The lowest BCUT2D eigenvalue weighted by atomic mass is 9.83. The summed E-state index contributed by atoms with van der Waals surface area (Å²) in [6, 6.07) is 19.5. The molecule has 40 heavy (non-hydrogen) atoms. The molecule has 0 bridgehead atoms. The topological polar surface area (TPSA) is 75.7 Å². The molecule has 0 saturated heterocycles. The Morgan fingerprint density at radius 1 is 1.00 bits per heavy atom. The predicted molar refractivity (Wildman–Crippen MR) is 158 cm³/mol. The molecular weight excluding hydrogens is 571 g/mol. The van der Waals surface area contributed by atoms with Crippen LogP contribution in [0, 0.1) is 0 Å². The molecule has 6 nitrogen and oxygen atoms in total. The van der Waals surface area contributed by atoms with Crippen LogP contribution in [0.2, 0.25) is 15.1 Å². The number of carbonyl (C=O) groups excluding carboxylic acids is 3. The van der Waals surface area contributed by atoms with E-state index in [4.69, 9.17) is 39.5 Å². The maximum atomic E-state index is 13.4. The van der Waals surface area contributed by atoms with Crippen molar-refractivity contribution in [1.29, 1.82) is 0 Å². The maximum absolute atomic E-state index is 13.4. The fourth-order valence-electron chi connectivity index (χ4n) is 4.83. The van der Waals surface area contributed by atoms with Crippen LogP contribution in [0.15, 0.2) is 78.0 Å². The van der Waals surface area contributed by atoms with Gasteiger partial charge in [-0.05, 0) is 67.3 Å². The van der Waals surface area contributed by atoms with Crippen LogP contribution in [0.5, 0.6) is 0 Å². The SMILES string of the molecule is CCOC(=O)C1=C(C)N(Cc2cccc(C(=O)NCCc3ccc(Cl)cc3Cl)c2)C(=O)CC1c1ccccc1Cl. The van der Waals surface area contributed by atoms with Gasteiger partial charge in [0.25, 0.3) is 5.91 Å². The normalized spacial score (nSPS) is 15.3. The zero-order valence-electron chi connectivity index (χ0n) is 22.2. The van der Waals surface area contributed by atoms with Crippen LogP contribution < -0.4 is 5.32 Å². The highest BCUT2D eigenvalue weighted by molar-refractivity contribution is 6.35. The number of halogens is 3. The van der Waals surface area contributed by atoms with Gasteiger partial charge in [0.05, 0.1) is 18.7 Å². The molecule has 0 fully saturated rings. The predicted octanol–water partition coefficient (Wildman–Crippen LogP) is 6.97. The minimum absolute atomic E-state index is 0.0721. The number of esters is 1. The maximum Gasteiger partial charge on any atom is 0.336 e. The Morgan fingerprint density at radius 3 is 2.50 bits per heavy atom. The number of allylic oxidation sites excluding steroid dienone is 1. The molecule has 2 amide bonds. The summed E-state index contributed by atoms with van der Waals surface area (Å²) in [4.78, 5) is 40.9. The second-order valence-corrected chi connectivity index (χ2v) is 10.7. The summed E-state index contributed by atoms with van der Waals surface area (Å²) < 4.78 is 5.36. The zero-order chi connectivity index (χ0) is 28.8. The average Bonchev–Trinajstić information content (AvgIpc) is 2.92. The number of ether oxygens (including phenoxy) is 1. The van der Waals surface area contributed by atoms with Crippen LogP contribution in [0.25, 0.3) is 0 Å². The van der Waals surface area contributed by atoms with Gasteiger partial charge in [0.1, 0.15) is 0 Å². The van der Waals surface area contributed by atoms with Gasteiger partial charge >= 0.3 is 5.97 Å². The molecule has 0 spiro atoms. The van der Waals surface area contributed by atoms with Gasteiger partial charge in [-0.25, -0.2) is 4.79 Å². The minimum Gasteiger partial charge on any atom is -0.463 e. The lowest BCUT2D eigenvalue weighted by Gasteiger charge is -2.34. The average molecular weight is 600 g/mol. The highest BCUT2D eigenvalue weighted by Gasteiger charge is 2.37. The van der Waals surface area contributed by atoms with Gasteiger partial charge in [0.2, 0.25) is 5.91 Å². The van der Waals surface area contributed by atoms with Gasteiger partial charge < -0.3 is 15.0 Å². The van der Waals surface area contributed by atoms with Crippen molar-refractivity contribution in [3.05, 3.63) is 115 Å². The number of rotatable bonds is 9. The Bertz CT molecular complexity index is 1470. The van der Waals surface area contributed by atoms with Crippen molar-refractivity contribution < 1.29 is 19.1 Å². The summed E-state index contributed by atoms with van der Waals surface area (Å²) in [7, 11) is 0. The Labute approximate surface area is 248 Å². The molecule has 0 saturated carbocycles. The van der Waals surface area contributed by atoms with E-state index in [-0.39, 0.29) is 31.4 Å². The molecule has 1 unspecified atom stereocenters. The Morgan fingerprint density at radius 2 is 1.77 bits per heavy atom. The molecule has 1 atom stereocenters. The van der Waals surface area contributed by atoms with Crippen molar-refractivity contribution in [2.45, 2.75) is 39.2 Å². The van der Waals surface area contributed by atoms with Gasteiger partial charge in [-0.3, -0.25) is 9.59 Å². The first-order valence-corrected chi connectivity index (χ1v) is 14.1. The van der Waals surface area contributed by atoms with Crippen molar-refractivity contribution in [3.63, 3.8) is 0 Å². The van der Waals surface area contributed by atoms with Crippen LogP contribution in [0.4, 0.5) is 0 Å². The first-order chi connectivity index (χ1) is 19.2. The van der Waals surface area contributed by atoms with Crippen molar-refractivity contribution in [2.24, 2.45) is 0 Å². The zero-order valence-corrected chi connectivity index (χ0v) is 24.4. The van der Waals surface area contributed by atoms with Gasteiger partial charge in [-0.2, -0.15) is 0 Å². The molecule has 0 radical (unpaired) electrons. The summed E-state index contributed by atoms with van der Waals surface area (Å²) in [6.07, 6.45) is 0.625. The Hall–Kier alpha value is -3.32. The van der Waals surface area contributed by atoms with Crippen molar-refractivity contribution in [2.75, 3.05) is 13.2 Å². The van der Waals surface area contributed by atoms with E-state index in [1.807, 2.05) is 24.3 Å². The summed E-state index contributed by atoms with van der Waals surface area (Å²) in [5.41, 5.74) is 3.72. The molecule has 3 aromatic carbocycles. The first-order valence-electron chi connectivity index (χ1n) is 12.9. The van der Waals surface area contributed by atoms with Crippen molar-refractivity contribution in [3.8, 4) is 0 Å². The summed E-state index contributed by atoms with van der Waals surface area (Å²) >= 11 is 18.6. The molecule has 1 N–H and O–H groups in total. The molecule has 1 heterocycles. The Kier molecular flexibility index (Phi) is 9.90. The second-order valence-electron chi connectivity index (χ2n) is 9.42. The number of hydrogen-bond acceptors (Lipinski definition) is 4. The largest absolute Gasteiger partial charge is 0.463 e. The number of amides is 2. The van der Waals surface area contributed by atoms with E-state index in [0.29, 0.717) is 50.4 Å². The Balaban J connectivity index is 1.52. The molecule has 0 aliphatic carbocycles. The highest BCUT2D eigenvalue weighted by atomic mass is 35.5. The fourth-order valence-corrected chi connectivity index (χ4v) is 5.60. The first kappa shape index (κ1) is 29.7. The quantitative estimate of drug-likeness (QED) is 0.270. The number of nitrogens with zero attached hydrogens (tertiary/aromatic N) is 1. The third-order valence-corrected chi connectivity index (χ3v) is 7.75. The van der Waals surface area contributed by atoms with Crippen molar-refractivity contribution >= 4 is 52.6 Å². The van der Waals surface area contributed by atoms with Crippen LogP contribution in [-0.4, -0.2) is 35.8 Å². The van der Waals surface area contributed by atoms with Crippen LogP contribution >= 0.6 is 34.8 Å². The molecule has 0 aromatic heterocycles. The molecular formula is C31H29Cl3N2O4. The molecule has 1 aliphatic heterocycles. The minimum atomic E-state index is -0.511. The molecule has 9 heteroatoms. The van der Waals surface area contributed by atoms with E-state index in [1.54, 1.807) is 61.2 Å². The van der Waals surface area contributed by atoms with Crippen LogP contribution in [0.3, 0.4) is 0 Å². The second kappa shape index (κ2) is 13.4. The monoisotopic (exact) mass is 598 g/mol. The molecule has 1 aliphatic rings. The molecule has 4 rings (SSSR count). The van der Waals surface area contributed by atoms with Crippen molar-refractivity contribution in [1.82, 2.24) is 10.2 Å². The molecule has 208 valence electrons. The van der Waals surface area contributed by atoms with E-state index in [1.165, 1.54) is 0 Å². The summed E-state index contributed by atoms with van der Waals surface area (Å²) in [6.45, 7) is 4.28. The van der Waals surface area contributed by atoms with Gasteiger partial charge in [0, 0.05) is 45.2 Å². The summed E-state index contributed by atoms with van der Waals surface area (Å²) in [5, 5.41) is 4.50. The van der Waals surface area contributed by atoms with Crippen LogP contribution in [0.1, 0.15) is 53.2 Å². The molecule has 3 aromatic rings. The van der Waals surface area contributed by atoms with Gasteiger partial charge in [-0.15, -0.1) is 0 Å². The van der Waals surface area contributed by atoms with E-state index < -0.39 is 11.9 Å². The number of hydrogen-bond donors (Lipinski definition) is 1. The third kappa shape index (κ3) is 6.87. The highest BCUT2D eigenvalue weighted by Crippen LogP contribution is 2.40. The van der Waals surface area contributed by atoms with Gasteiger partial charge in [0.15, 0.2) is 0 Å². The number of nitrogens with one attached hydrogen (secondary N) is 1. The van der Waals surface area contributed by atoms with E-state index in [9.17, 15) is 14.4 Å². The lowest BCUT2D eigenvalue weighted by Crippen LogP contribution is -2.38.